The summed E-state index contributed by atoms with van der Waals surface area (Å²) in [6.07, 6.45) is 4.60. The van der Waals surface area contributed by atoms with E-state index in [9.17, 15) is 5.11 Å². The number of aryl methyl sites for hydroxylation is 1. The second-order valence-corrected chi connectivity index (χ2v) is 6.36. The molecule has 1 heterocycles. The van der Waals surface area contributed by atoms with E-state index in [1.165, 1.54) is 24.1 Å². The summed E-state index contributed by atoms with van der Waals surface area (Å²) in [4.78, 5) is 2.50. The molecule has 0 radical (unpaired) electrons. The first kappa shape index (κ1) is 14.4. The maximum Gasteiger partial charge on any atom is 0.0501 e. The highest BCUT2D eigenvalue weighted by atomic mass is 16.3. The molecule has 0 aromatic heterocycles. The van der Waals surface area contributed by atoms with E-state index in [4.69, 9.17) is 0 Å². The Morgan fingerprint density at radius 2 is 2.11 bits per heavy atom. The molecule has 0 amide bonds. The molecule has 1 aromatic rings. The summed E-state index contributed by atoms with van der Waals surface area (Å²) in [6.45, 7) is 7.93. The van der Waals surface area contributed by atoms with Crippen molar-refractivity contribution in [3.8, 4) is 0 Å². The maximum absolute atomic E-state index is 9.75. The monoisotopic (exact) mass is 261 g/mol. The van der Waals surface area contributed by atoms with Crippen molar-refractivity contribution in [2.75, 3.05) is 18.1 Å². The molecule has 19 heavy (non-hydrogen) atoms. The molecule has 0 fully saturated rings. The lowest BCUT2D eigenvalue weighted by Gasteiger charge is -2.42. The highest BCUT2D eigenvalue weighted by Crippen LogP contribution is 2.34. The van der Waals surface area contributed by atoms with Crippen LogP contribution in [0.5, 0.6) is 0 Å². The summed E-state index contributed by atoms with van der Waals surface area (Å²) in [5.74, 6) is 0. The van der Waals surface area contributed by atoms with Crippen LogP contribution < -0.4 is 4.90 Å². The van der Waals surface area contributed by atoms with E-state index < -0.39 is 0 Å². The number of aliphatic hydroxyl groups is 1. The van der Waals surface area contributed by atoms with Crippen LogP contribution in [0.1, 0.15) is 45.6 Å². The molecule has 1 aliphatic rings. The molecule has 0 aliphatic carbocycles. The fraction of sp³-hybridized carbons (Fsp3) is 0.647. The van der Waals surface area contributed by atoms with Gasteiger partial charge in [0, 0.05) is 23.7 Å². The number of nitrogens with zero attached hydrogens (tertiary/aromatic N) is 1. The Balaban J connectivity index is 2.23. The number of hydrogen-bond acceptors (Lipinski definition) is 2. The summed E-state index contributed by atoms with van der Waals surface area (Å²) < 4.78 is 0. The Hall–Kier alpha value is -1.02. The minimum Gasteiger partial charge on any atom is -0.396 e. The van der Waals surface area contributed by atoms with Crippen LogP contribution in [0.3, 0.4) is 0 Å². The fourth-order valence-corrected chi connectivity index (χ4v) is 3.22. The van der Waals surface area contributed by atoms with E-state index >= 15 is 0 Å². The van der Waals surface area contributed by atoms with Crippen LogP contribution in [0.2, 0.25) is 0 Å². The van der Waals surface area contributed by atoms with Gasteiger partial charge in [0.15, 0.2) is 0 Å². The molecule has 2 rings (SSSR count). The predicted octanol–water partition coefficient (Wildman–Crippen LogP) is 3.63. The van der Waals surface area contributed by atoms with E-state index in [1.807, 2.05) is 0 Å². The fourth-order valence-electron chi connectivity index (χ4n) is 3.22. The molecule has 1 aliphatic heterocycles. The SMILES string of the molecule is CCCC(C)(CO)CN1c2ccccc2CCC1C. The maximum atomic E-state index is 9.75. The van der Waals surface area contributed by atoms with Crippen LogP contribution in [0, 0.1) is 5.41 Å². The zero-order valence-electron chi connectivity index (χ0n) is 12.5. The first-order valence-electron chi connectivity index (χ1n) is 7.55. The largest absolute Gasteiger partial charge is 0.396 e. The predicted molar refractivity (Wildman–Crippen MR) is 81.7 cm³/mol. The zero-order chi connectivity index (χ0) is 13.9. The lowest BCUT2D eigenvalue weighted by molar-refractivity contribution is 0.134. The Labute approximate surface area is 117 Å². The Morgan fingerprint density at radius 1 is 1.37 bits per heavy atom. The van der Waals surface area contributed by atoms with E-state index in [0.29, 0.717) is 6.04 Å². The second kappa shape index (κ2) is 5.96. The Bertz CT molecular complexity index is 417. The summed E-state index contributed by atoms with van der Waals surface area (Å²) in [5.41, 5.74) is 2.84. The van der Waals surface area contributed by atoms with Gasteiger partial charge in [0.25, 0.3) is 0 Å². The molecule has 2 atom stereocenters. The topological polar surface area (TPSA) is 23.5 Å². The smallest absolute Gasteiger partial charge is 0.0501 e. The lowest BCUT2D eigenvalue weighted by Crippen LogP contribution is -2.45. The molecular weight excluding hydrogens is 234 g/mol. The van der Waals surface area contributed by atoms with Crippen LogP contribution in [0.25, 0.3) is 0 Å². The van der Waals surface area contributed by atoms with Crippen LogP contribution in [0.4, 0.5) is 5.69 Å². The van der Waals surface area contributed by atoms with Gasteiger partial charge < -0.3 is 10.0 Å². The van der Waals surface area contributed by atoms with Gasteiger partial charge in [0.2, 0.25) is 0 Å². The third-order valence-electron chi connectivity index (χ3n) is 4.45. The lowest BCUT2D eigenvalue weighted by atomic mass is 9.84. The highest BCUT2D eigenvalue weighted by molar-refractivity contribution is 5.56. The molecule has 0 saturated carbocycles. The number of fused-ring (bicyclic) bond motifs is 1. The average molecular weight is 261 g/mol. The van der Waals surface area contributed by atoms with Crippen LogP contribution in [0.15, 0.2) is 24.3 Å². The van der Waals surface area contributed by atoms with Crippen LogP contribution in [-0.4, -0.2) is 24.3 Å². The van der Waals surface area contributed by atoms with Gasteiger partial charge in [-0.2, -0.15) is 0 Å². The number of aliphatic hydroxyl groups excluding tert-OH is 1. The summed E-state index contributed by atoms with van der Waals surface area (Å²) in [5, 5.41) is 9.75. The number of benzene rings is 1. The van der Waals surface area contributed by atoms with Crippen molar-refractivity contribution in [1.82, 2.24) is 0 Å². The minimum atomic E-state index is 0.00740. The van der Waals surface area contributed by atoms with E-state index in [1.54, 1.807) is 0 Å². The summed E-state index contributed by atoms with van der Waals surface area (Å²) in [7, 11) is 0. The molecule has 0 bridgehead atoms. The van der Waals surface area contributed by atoms with Crippen molar-refractivity contribution in [2.24, 2.45) is 5.41 Å². The van der Waals surface area contributed by atoms with Gasteiger partial charge in [-0.3, -0.25) is 0 Å². The van der Waals surface area contributed by atoms with Crippen molar-refractivity contribution in [3.63, 3.8) is 0 Å². The molecule has 0 spiro atoms. The van der Waals surface area contributed by atoms with Gasteiger partial charge in [-0.25, -0.2) is 0 Å². The molecule has 2 nitrogen and oxygen atoms in total. The number of rotatable bonds is 5. The van der Waals surface area contributed by atoms with Gasteiger partial charge in [-0.1, -0.05) is 38.5 Å². The van der Waals surface area contributed by atoms with Crippen molar-refractivity contribution < 1.29 is 5.11 Å². The van der Waals surface area contributed by atoms with E-state index in [0.717, 1.165) is 19.4 Å². The molecule has 1 N–H and O–H groups in total. The van der Waals surface area contributed by atoms with Gasteiger partial charge in [0.05, 0.1) is 6.61 Å². The van der Waals surface area contributed by atoms with Crippen molar-refractivity contribution in [1.29, 1.82) is 0 Å². The zero-order valence-corrected chi connectivity index (χ0v) is 12.5. The highest BCUT2D eigenvalue weighted by Gasteiger charge is 2.30. The quantitative estimate of drug-likeness (QED) is 0.875. The summed E-state index contributed by atoms with van der Waals surface area (Å²) >= 11 is 0. The van der Waals surface area contributed by atoms with Crippen molar-refractivity contribution >= 4 is 5.69 Å². The van der Waals surface area contributed by atoms with Gasteiger partial charge in [-0.05, 0) is 37.8 Å². The molecule has 0 saturated heterocycles. The van der Waals surface area contributed by atoms with Gasteiger partial charge in [-0.15, -0.1) is 0 Å². The van der Waals surface area contributed by atoms with Crippen molar-refractivity contribution in [2.45, 2.75) is 52.5 Å². The van der Waals surface area contributed by atoms with Gasteiger partial charge in [0.1, 0.15) is 0 Å². The molecule has 106 valence electrons. The molecular formula is C17H27NO. The van der Waals surface area contributed by atoms with E-state index in [-0.39, 0.29) is 12.0 Å². The normalized spacial score (nSPS) is 21.9. The third-order valence-corrected chi connectivity index (χ3v) is 4.45. The average Bonchev–Trinajstić information content (AvgIpc) is 2.42. The Morgan fingerprint density at radius 3 is 2.79 bits per heavy atom. The van der Waals surface area contributed by atoms with Crippen LogP contribution >= 0.6 is 0 Å². The van der Waals surface area contributed by atoms with Crippen LogP contribution in [-0.2, 0) is 6.42 Å². The molecule has 2 unspecified atom stereocenters. The number of hydrogen-bond donors (Lipinski definition) is 1. The second-order valence-electron chi connectivity index (χ2n) is 6.36. The first-order chi connectivity index (χ1) is 9.09. The van der Waals surface area contributed by atoms with E-state index in [2.05, 4.69) is 49.9 Å². The van der Waals surface area contributed by atoms with Gasteiger partial charge >= 0.3 is 0 Å². The third kappa shape index (κ3) is 3.11. The number of para-hydroxylation sites is 1. The van der Waals surface area contributed by atoms with Crippen molar-refractivity contribution in [3.05, 3.63) is 29.8 Å². The number of anilines is 1. The molecule has 2 heteroatoms. The minimum absolute atomic E-state index is 0.00740. The summed E-state index contributed by atoms with van der Waals surface area (Å²) in [6, 6.07) is 9.29. The first-order valence-corrected chi connectivity index (χ1v) is 7.55. The molecule has 1 aromatic carbocycles. The Kier molecular flexibility index (Phi) is 4.51. The standard InChI is InChI=1S/C17H27NO/c1-4-11-17(3,13-19)12-18-14(2)9-10-15-7-5-6-8-16(15)18/h5-8,14,19H,4,9-13H2,1-3H3.